The predicted octanol–water partition coefficient (Wildman–Crippen LogP) is 2.60. The highest BCUT2D eigenvalue weighted by Crippen LogP contribution is 2.60. The van der Waals surface area contributed by atoms with Crippen molar-refractivity contribution in [1.29, 1.82) is 0 Å². The summed E-state index contributed by atoms with van der Waals surface area (Å²) in [6, 6.07) is 0. The van der Waals surface area contributed by atoms with Crippen molar-refractivity contribution in [3.05, 3.63) is 0 Å². The fourth-order valence-corrected chi connectivity index (χ4v) is 7.70. The smallest absolute Gasteiger partial charge is 0.460 e. The number of hydrogen-bond acceptors (Lipinski definition) is 6. The van der Waals surface area contributed by atoms with Gasteiger partial charge in [0.2, 0.25) is 0 Å². The number of esters is 1. The summed E-state index contributed by atoms with van der Waals surface area (Å²) in [5.74, 6) is -1.74. The van der Waals surface area contributed by atoms with E-state index in [9.17, 15) is 43.6 Å². The Hall–Kier alpha value is -0.980. The molecule has 0 atom stereocenters. The van der Waals surface area contributed by atoms with Crippen LogP contribution in [0.15, 0.2) is 0 Å². The van der Waals surface area contributed by atoms with Crippen LogP contribution in [0.1, 0.15) is 38.5 Å². The molecule has 156 valence electrons. The molecule has 0 spiro atoms. The fraction of sp³-hybridized carbons (Fsp3) is 0.929. The number of carbonyl (C=O) groups is 1. The minimum Gasteiger partial charge on any atom is -0.460 e. The van der Waals surface area contributed by atoms with Gasteiger partial charge in [0.15, 0.2) is 0 Å². The van der Waals surface area contributed by atoms with E-state index < -0.39 is 46.5 Å². The Kier molecular flexibility index (Phi) is 4.62. The second kappa shape index (κ2) is 6.01. The van der Waals surface area contributed by atoms with Gasteiger partial charge < -0.3 is 4.74 Å². The quantitative estimate of drug-likeness (QED) is 0.371. The Labute approximate surface area is 151 Å². The Morgan fingerprint density at radius 1 is 0.852 bits per heavy atom. The van der Waals surface area contributed by atoms with Crippen molar-refractivity contribution in [3.63, 3.8) is 0 Å². The molecule has 4 rings (SSSR count). The van der Waals surface area contributed by atoms with Crippen molar-refractivity contribution < 1.29 is 48.3 Å². The number of ether oxygens (including phenoxy) is 1. The molecule has 4 aliphatic carbocycles. The standard InChI is InChI=1S/C14H17F5O6S2/c15-13(16,26(21,22)27(23,24)14(17,18)19)11(20)25-7-12-4-8-1-9(5-12)3-10(2-8)6-12/h8-10H,1-7H2. The lowest BCUT2D eigenvalue weighted by Gasteiger charge is -2.56. The highest BCUT2D eigenvalue weighted by atomic mass is 33.2. The van der Waals surface area contributed by atoms with Crippen LogP contribution in [0.5, 0.6) is 0 Å². The van der Waals surface area contributed by atoms with Gasteiger partial charge in [0, 0.05) is 5.41 Å². The molecule has 0 aromatic rings. The fourth-order valence-electron chi connectivity index (χ4n) is 5.13. The number of rotatable bonds is 5. The van der Waals surface area contributed by atoms with E-state index in [1.54, 1.807) is 0 Å². The van der Waals surface area contributed by atoms with Crippen molar-refractivity contribution in [1.82, 2.24) is 0 Å². The highest BCUT2D eigenvalue weighted by Gasteiger charge is 2.69. The molecule has 0 N–H and O–H groups in total. The Bertz CT molecular complexity index is 810. The van der Waals surface area contributed by atoms with Crippen LogP contribution >= 0.6 is 0 Å². The zero-order valence-electron chi connectivity index (χ0n) is 13.8. The van der Waals surface area contributed by atoms with E-state index in [0.717, 1.165) is 19.3 Å². The van der Waals surface area contributed by atoms with E-state index in [2.05, 4.69) is 4.74 Å². The molecule has 0 aromatic carbocycles. The second-order valence-electron chi connectivity index (χ2n) is 7.86. The van der Waals surface area contributed by atoms with Crippen molar-refractivity contribution in [3.8, 4) is 0 Å². The SMILES string of the molecule is O=C(OCC12CC3CC(CC(C3)C1)C2)C(F)(F)S(=O)(=O)S(=O)(=O)C(F)(F)F. The minimum atomic E-state index is -7.32. The molecule has 0 radical (unpaired) electrons. The third-order valence-electron chi connectivity index (χ3n) is 5.80. The van der Waals surface area contributed by atoms with Crippen LogP contribution in [0.4, 0.5) is 22.0 Å². The maximum Gasteiger partial charge on any atom is 0.512 e. The average molecular weight is 440 g/mol. The lowest BCUT2D eigenvalue weighted by Crippen LogP contribution is -2.51. The van der Waals surface area contributed by atoms with Crippen molar-refractivity contribution >= 4 is 23.7 Å². The molecule has 0 saturated heterocycles. The summed E-state index contributed by atoms with van der Waals surface area (Å²) in [6.45, 7) is -0.563. The summed E-state index contributed by atoms with van der Waals surface area (Å²) in [5, 5.41) is -5.86. The van der Waals surface area contributed by atoms with Crippen molar-refractivity contribution in [2.24, 2.45) is 23.2 Å². The molecular weight excluding hydrogens is 423 g/mol. The van der Waals surface area contributed by atoms with Gasteiger partial charge in [-0.25, -0.2) is 21.6 Å². The zero-order valence-corrected chi connectivity index (χ0v) is 15.5. The minimum absolute atomic E-state index is 0.352. The maximum atomic E-state index is 13.8. The first-order valence-electron chi connectivity index (χ1n) is 8.22. The van der Waals surface area contributed by atoms with E-state index in [1.165, 1.54) is 0 Å². The van der Waals surface area contributed by atoms with Crippen LogP contribution in [0.2, 0.25) is 0 Å². The molecule has 0 aliphatic heterocycles. The monoisotopic (exact) mass is 440 g/mol. The van der Waals surface area contributed by atoms with Crippen LogP contribution in [0.3, 0.4) is 0 Å². The summed E-state index contributed by atoms with van der Waals surface area (Å²) in [7, 11) is -14.6. The Morgan fingerprint density at radius 2 is 1.26 bits per heavy atom. The van der Waals surface area contributed by atoms with Gasteiger partial charge in [0.1, 0.15) is 0 Å². The number of halogens is 5. The summed E-state index contributed by atoms with van der Waals surface area (Å²) < 4.78 is 114. The van der Waals surface area contributed by atoms with Gasteiger partial charge in [0.05, 0.1) is 6.61 Å². The summed E-state index contributed by atoms with van der Waals surface area (Å²) in [5.41, 5.74) is -7.09. The molecule has 4 fully saturated rings. The van der Waals surface area contributed by atoms with Gasteiger partial charge in [-0.15, -0.1) is 0 Å². The molecule has 4 aliphatic rings. The van der Waals surface area contributed by atoms with Crippen molar-refractivity contribution in [2.75, 3.05) is 6.61 Å². The van der Waals surface area contributed by atoms with E-state index in [1.807, 2.05) is 0 Å². The van der Waals surface area contributed by atoms with Crippen LogP contribution in [0, 0.1) is 23.2 Å². The average Bonchev–Trinajstić information content (AvgIpc) is 2.49. The second-order valence-corrected chi connectivity index (χ2v) is 13.3. The third-order valence-corrected chi connectivity index (χ3v) is 10.7. The van der Waals surface area contributed by atoms with Gasteiger partial charge in [-0.1, -0.05) is 0 Å². The van der Waals surface area contributed by atoms with E-state index in [4.69, 9.17) is 0 Å². The molecule has 13 heteroatoms. The Balaban J connectivity index is 1.76. The number of alkyl halides is 5. The molecule has 6 nitrogen and oxygen atoms in total. The van der Waals surface area contributed by atoms with Gasteiger partial charge in [-0.2, -0.15) is 22.0 Å². The first kappa shape index (κ1) is 20.7. The van der Waals surface area contributed by atoms with Crippen LogP contribution in [-0.4, -0.2) is 40.2 Å². The Morgan fingerprint density at radius 3 is 1.63 bits per heavy atom. The van der Waals surface area contributed by atoms with E-state index >= 15 is 0 Å². The molecule has 0 unspecified atom stereocenters. The van der Waals surface area contributed by atoms with Gasteiger partial charge in [0.25, 0.3) is 0 Å². The molecule has 4 saturated carbocycles. The first-order valence-corrected chi connectivity index (χ1v) is 11.7. The summed E-state index contributed by atoms with van der Waals surface area (Å²) in [4.78, 5) is 11.6. The summed E-state index contributed by atoms with van der Waals surface area (Å²) in [6.07, 6.45) is 4.77. The van der Waals surface area contributed by atoms with Gasteiger partial charge in [-0.05, 0) is 56.3 Å². The third kappa shape index (κ3) is 3.14. The molecule has 4 bridgehead atoms. The molecular formula is C14H17F5O6S2. The van der Waals surface area contributed by atoms with E-state index in [-0.39, 0.29) is 0 Å². The lowest BCUT2D eigenvalue weighted by atomic mass is 9.50. The molecule has 27 heavy (non-hydrogen) atoms. The zero-order chi connectivity index (χ0) is 20.5. The van der Waals surface area contributed by atoms with Crippen molar-refractivity contribution in [2.45, 2.75) is 49.3 Å². The van der Waals surface area contributed by atoms with Crippen LogP contribution < -0.4 is 0 Å². The molecule has 0 amide bonds. The molecule has 0 heterocycles. The van der Waals surface area contributed by atoms with Gasteiger partial charge in [-0.3, -0.25) is 0 Å². The lowest BCUT2D eigenvalue weighted by molar-refractivity contribution is -0.171. The summed E-state index contributed by atoms with van der Waals surface area (Å²) >= 11 is 0. The topological polar surface area (TPSA) is 94.6 Å². The predicted molar refractivity (Wildman–Crippen MR) is 80.4 cm³/mol. The van der Waals surface area contributed by atoms with Crippen LogP contribution in [0.25, 0.3) is 0 Å². The van der Waals surface area contributed by atoms with E-state index in [0.29, 0.717) is 37.0 Å². The number of hydrogen-bond donors (Lipinski definition) is 0. The van der Waals surface area contributed by atoms with Gasteiger partial charge >= 0.3 is 34.5 Å². The number of carbonyl (C=O) groups excluding carboxylic acids is 1. The molecule has 0 aromatic heterocycles. The van der Waals surface area contributed by atoms with Crippen LogP contribution in [-0.2, 0) is 27.3 Å². The maximum absolute atomic E-state index is 13.8. The first-order chi connectivity index (χ1) is 12.1. The normalized spacial score (nSPS) is 33.9. The largest absolute Gasteiger partial charge is 0.512 e. The highest BCUT2D eigenvalue weighted by molar-refractivity contribution is 8.68.